The molecule has 7 heteroatoms. The van der Waals surface area contributed by atoms with E-state index in [-0.39, 0.29) is 30.9 Å². The van der Waals surface area contributed by atoms with Crippen molar-refractivity contribution in [2.75, 3.05) is 26.7 Å². The van der Waals surface area contributed by atoms with E-state index in [1.54, 1.807) is 7.05 Å². The number of ether oxygens (including phenoxy) is 1. The van der Waals surface area contributed by atoms with E-state index in [1.165, 1.54) is 4.90 Å². The summed E-state index contributed by atoms with van der Waals surface area (Å²) in [4.78, 5) is 37.5. The fourth-order valence-electron chi connectivity index (χ4n) is 2.84. The average Bonchev–Trinajstić information content (AvgIpc) is 3.09. The molecule has 3 amide bonds. The van der Waals surface area contributed by atoms with Crippen molar-refractivity contribution in [3.8, 4) is 5.75 Å². The molecule has 1 aromatic rings. The van der Waals surface area contributed by atoms with Crippen molar-refractivity contribution in [3.63, 3.8) is 0 Å². The van der Waals surface area contributed by atoms with Crippen molar-refractivity contribution in [3.05, 3.63) is 29.3 Å². The van der Waals surface area contributed by atoms with Crippen molar-refractivity contribution < 1.29 is 19.1 Å². The molecule has 0 aliphatic carbocycles. The van der Waals surface area contributed by atoms with Gasteiger partial charge in [-0.1, -0.05) is 12.1 Å². The zero-order chi connectivity index (χ0) is 18.4. The average molecular weight is 347 g/mol. The quantitative estimate of drug-likeness (QED) is 0.786. The Kier molecular flexibility index (Phi) is 6.38. The smallest absolute Gasteiger partial charge is 0.258 e. The monoisotopic (exact) mass is 347 g/mol. The third-order valence-corrected chi connectivity index (χ3v) is 4.26. The molecule has 0 spiro atoms. The maximum Gasteiger partial charge on any atom is 0.258 e. The molecule has 0 saturated carbocycles. The summed E-state index contributed by atoms with van der Waals surface area (Å²) >= 11 is 0. The van der Waals surface area contributed by atoms with Gasteiger partial charge in [0, 0.05) is 13.6 Å². The van der Waals surface area contributed by atoms with Crippen LogP contribution in [0.1, 0.15) is 24.0 Å². The number of hydrogen-bond acceptors (Lipinski definition) is 4. The topological polar surface area (TPSA) is 87.7 Å². The standard InChI is InChI=1S/C18H25N3O4/c1-12-6-7-13(2)15(9-12)25-11-16(22)20-10-17(23)21-8-4-5-14(21)18(24)19-3/h6-7,9,14H,4-5,8,10-11H2,1-3H3,(H,19,24)(H,20,22). The molecule has 1 aliphatic heterocycles. The highest BCUT2D eigenvalue weighted by Crippen LogP contribution is 2.19. The Hall–Kier alpha value is -2.57. The van der Waals surface area contributed by atoms with Gasteiger partial charge >= 0.3 is 0 Å². The van der Waals surface area contributed by atoms with Crippen LogP contribution in [0.3, 0.4) is 0 Å². The molecule has 0 bridgehead atoms. The van der Waals surface area contributed by atoms with Gasteiger partial charge in [-0.25, -0.2) is 0 Å². The second kappa shape index (κ2) is 8.50. The Bertz CT molecular complexity index is 660. The molecule has 136 valence electrons. The largest absolute Gasteiger partial charge is 0.483 e. The zero-order valence-electron chi connectivity index (χ0n) is 14.9. The van der Waals surface area contributed by atoms with Crippen LogP contribution in [0, 0.1) is 13.8 Å². The van der Waals surface area contributed by atoms with Crippen LogP contribution in [-0.2, 0) is 14.4 Å². The summed E-state index contributed by atoms with van der Waals surface area (Å²) in [6.45, 7) is 4.09. The second-order valence-electron chi connectivity index (χ2n) is 6.19. The lowest BCUT2D eigenvalue weighted by molar-refractivity contribution is -0.138. The molecule has 25 heavy (non-hydrogen) atoms. The third kappa shape index (κ3) is 4.95. The molecule has 1 heterocycles. The molecule has 1 atom stereocenters. The maximum absolute atomic E-state index is 12.2. The summed E-state index contributed by atoms with van der Waals surface area (Å²) in [6, 6.07) is 5.32. The van der Waals surface area contributed by atoms with Gasteiger partial charge in [0.2, 0.25) is 11.8 Å². The van der Waals surface area contributed by atoms with Crippen LogP contribution in [0.25, 0.3) is 0 Å². The molecule has 1 saturated heterocycles. The van der Waals surface area contributed by atoms with Crippen LogP contribution in [0.4, 0.5) is 0 Å². The zero-order valence-corrected chi connectivity index (χ0v) is 14.9. The van der Waals surface area contributed by atoms with Gasteiger partial charge in [-0.05, 0) is 43.9 Å². The van der Waals surface area contributed by atoms with Crippen LogP contribution in [-0.4, -0.2) is 55.4 Å². The number of aryl methyl sites for hydroxylation is 2. The molecular weight excluding hydrogens is 322 g/mol. The molecular formula is C18H25N3O4. The number of likely N-dealkylation sites (tertiary alicyclic amines) is 1. The first-order chi connectivity index (χ1) is 11.9. The fourth-order valence-corrected chi connectivity index (χ4v) is 2.84. The molecule has 1 fully saturated rings. The summed E-state index contributed by atoms with van der Waals surface area (Å²) in [5, 5.41) is 5.12. The number of nitrogens with zero attached hydrogens (tertiary/aromatic N) is 1. The molecule has 0 radical (unpaired) electrons. The minimum Gasteiger partial charge on any atom is -0.483 e. The highest BCUT2D eigenvalue weighted by Gasteiger charge is 2.33. The van der Waals surface area contributed by atoms with Crippen LogP contribution in [0.2, 0.25) is 0 Å². The van der Waals surface area contributed by atoms with E-state index in [1.807, 2.05) is 32.0 Å². The second-order valence-corrected chi connectivity index (χ2v) is 6.19. The number of likely N-dealkylation sites (N-methyl/N-ethyl adjacent to an activating group) is 1. The van der Waals surface area contributed by atoms with Gasteiger partial charge in [0.1, 0.15) is 11.8 Å². The van der Waals surface area contributed by atoms with Crippen molar-refractivity contribution in [1.82, 2.24) is 15.5 Å². The minimum absolute atomic E-state index is 0.136. The van der Waals surface area contributed by atoms with Crippen LogP contribution in [0.15, 0.2) is 18.2 Å². The van der Waals surface area contributed by atoms with Gasteiger partial charge in [-0.15, -0.1) is 0 Å². The first-order valence-corrected chi connectivity index (χ1v) is 8.40. The lowest BCUT2D eigenvalue weighted by Crippen LogP contribution is -2.48. The Balaban J connectivity index is 1.80. The number of benzene rings is 1. The van der Waals surface area contributed by atoms with E-state index >= 15 is 0 Å². The summed E-state index contributed by atoms with van der Waals surface area (Å²) in [6.07, 6.45) is 1.43. The van der Waals surface area contributed by atoms with E-state index in [2.05, 4.69) is 10.6 Å². The van der Waals surface area contributed by atoms with Crippen molar-refractivity contribution in [1.29, 1.82) is 0 Å². The first-order valence-electron chi connectivity index (χ1n) is 8.40. The summed E-state index contributed by atoms with van der Waals surface area (Å²) in [5.74, 6) is -0.146. The summed E-state index contributed by atoms with van der Waals surface area (Å²) < 4.78 is 5.51. The SMILES string of the molecule is CNC(=O)C1CCCN1C(=O)CNC(=O)COc1cc(C)ccc1C. The molecule has 7 nitrogen and oxygen atoms in total. The molecule has 1 aromatic carbocycles. The first kappa shape index (κ1) is 18.8. The Morgan fingerprint density at radius 3 is 2.76 bits per heavy atom. The maximum atomic E-state index is 12.2. The predicted octanol–water partition coefficient (Wildman–Crippen LogP) is 0.535. The predicted molar refractivity (Wildman–Crippen MR) is 93.2 cm³/mol. The van der Waals surface area contributed by atoms with Gasteiger partial charge in [0.25, 0.3) is 5.91 Å². The molecule has 1 aliphatic rings. The highest BCUT2D eigenvalue weighted by atomic mass is 16.5. The van der Waals surface area contributed by atoms with Crippen molar-refractivity contribution in [2.45, 2.75) is 32.7 Å². The molecule has 2 N–H and O–H groups in total. The Morgan fingerprint density at radius 1 is 1.28 bits per heavy atom. The van der Waals surface area contributed by atoms with Crippen LogP contribution in [0.5, 0.6) is 5.75 Å². The number of nitrogens with one attached hydrogen (secondary N) is 2. The van der Waals surface area contributed by atoms with E-state index < -0.39 is 6.04 Å². The Morgan fingerprint density at radius 2 is 2.04 bits per heavy atom. The molecule has 2 rings (SSSR count). The van der Waals surface area contributed by atoms with Crippen molar-refractivity contribution in [2.24, 2.45) is 0 Å². The van der Waals surface area contributed by atoms with Gasteiger partial charge in [-0.3, -0.25) is 14.4 Å². The Labute approximate surface area is 147 Å². The normalized spacial score (nSPS) is 16.4. The highest BCUT2D eigenvalue weighted by molar-refractivity contribution is 5.90. The lowest BCUT2D eigenvalue weighted by Gasteiger charge is -2.23. The van der Waals surface area contributed by atoms with Gasteiger partial charge in [0.05, 0.1) is 6.54 Å². The number of rotatable bonds is 6. The lowest BCUT2D eigenvalue weighted by atomic mass is 10.1. The minimum atomic E-state index is -0.444. The summed E-state index contributed by atoms with van der Waals surface area (Å²) in [7, 11) is 1.55. The van der Waals surface area contributed by atoms with E-state index in [4.69, 9.17) is 4.74 Å². The molecule has 0 aromatic heterocycles. The number of carbonyl (C=O) groups excluding carboxylic acids is 3. The number of hydrogen-bond donors (Lipinski definition) is 2. The van der Waals surface area contributed by atoms with E-state index in [9.17, 15) is 14.4 Å². The third-order valence-electron chi connectivity index (χ3n) is 4.26. The van der Waals surface area contributed by atoms with Crippen LogP contribution >= 0.6 is 0 Å². The number of carbonyl (C=O) groups is 3. The van der Waals surface area contributed by atoms with Gasteiger partial charge in [0.15, 0.2) is 6.61 Å². The van der Waals surface area contributed by atoms with Crippen LogP contribution < -0.4 is 15.4 Å². The van der Waals surface area contributed by atoms with Gasteiger partial charge < -0.3 is 20.3 Å². The van der Waals surface area contributed by atoms with Crippen molar-refractivity contribution >= 4 is 17.7 Å². The fraction of sp³-hybridized carbons (Fsp3) is 0.500. The van der Waals surface area contributed by atoms with Gasteiger partial charge in [-0.2, -0.15) is 0 Å². The van der Waals surface area contributed by atoms with E-state index in [0.29, 0.717) is 18.7 Å². The summed E-state index contributed by atoms with van der Waals surface area (Å²) in [5.41, 5.74) is 1.99. The molecule has 1 unspecified atom stereocenters. The number of amides is 3. The van der Waals surface area contributed by atoms with E-state index in [0.717, 1.165) is 17.5 Å².